The molecule has 1 fully saturated rings. The number of ether oxygens (including phenoxy) is 1. The molecule has 3 rings (SSSR count). The van der Waals surface area contributed by atoms with Crippen LogP contribution in [-0.2, 0) is 26.2 Å². The normalized spacial score (nSPS) is 17.2. The minimum atomic E-state index is -4.86. The van der Waals surface area contributed by atoms with Crippen molar-refractivity contribution < 1.29 is 32.3 Å². The number of amides is 3. The van der Waals surface area contributed by atoms with Crippen LogP contribution in [-0.4, -0.2) is 68.9 Å². The van der Waals surface area contributed by atoms with Gasteiger partial charge in [-0.3, -0.25) is 24.0 Å². The molecule has 14 heteroatoms. The second-order valence-electron chi connectivity index (χ2n) is 11.9. The highest BCUT2D eigenvalue weighted by atomic mass is 19.4. The minimum absolute atomic E-state index is 0.0171. The van der Waals surface area contributed by atoms with Gasteiger partial charge in [0, 0.05) is 37.3 Å². The summed E-state index contributed by atoms with van der Waals surface area (Å²) in [6, 6.07) is 1.19. The number of alkyl halides is 3. The van der Waals surface area contributed by atoms with Gasteiger partial charge in [0.05, 0.1) is 35.9 Å². The van der Waals surface area contributed by atoms with E-state index in [0.717, 1.165) is 13.1 Å². The second-order valence-corrected chi connectivity index (χ2v) is 11.9. The summed E-state index contributed by atoms with van der Waals surface area (Å²) in [5, 5.41) is 16.3. The first-order valence-electron chi connectivity index (χ1n) is 13.4. The summed E-state index contributed by atoms with van der Waals surface area (Å²) in [5.74, 6) is 1.01. The fourth-order valence-corrected chi connectivity index (χ4v) is 4.31. The number of aromatic nitrogens is 3. The molecular formula is C29H40F3N7O4. The average molecular weight is 608 g/mol. The van der Waals surface area contributed by atoms with Gasteiger partial charge in [-0.1, -0.05) is 20.8 Å². The molecule has 0 bridgehead atoms. The van der Waals surface area contributed by atoms with Crippen LogP contribution >= 0.6 is 0 Å². The predicted molar refractivity (Wildman–Crippen MR) is 154 cm³/mol. The van der Waals surface area contributed by atoms with Crippen molar-refractivity contribution in [1.82, 2.24) is 25.0 Å². The molecule has 1 saturated heterocycles. The number of pyridine rings is 1. The molecule has 1 aliphatic rings. The Labute approximate surface area is 249 Å². The van der Waals surface area contributed by atoms with E-state index in [0.29, 0.717) is 40.9 Å². The summed E-state index contributed by atoms with van der Waals surface area (Å²) in [7, 11) is 1.74. The van der Waals surface area contributed by atoms with E-state index in [9.17, 15) is 22.8 Å². The predicted octanol–water partition coefficient (Wildman–Crippen LogP) is 3.38. The number of fused-ring (bicyclic) bond motifs is 1. The summed E-state index contributed by atoms with van der Waals surface area (Å²) >= 11 is 0. The molecule has 0 saturated carbocycles. The Morgan fingerprint density at radius 1 is 1.33 bits per heavy atom. The number of nitriles is 1. The van der Waals surface area contributed by atoms with Crippen LogP contribution in [0.1, 0.15) is 72.2 Å². The Balaban J connectivity index is 0.000000354. The van der Waals surface area contributed by atoms with E-state index in [2.05, 4.69) is 47.8 Å². The maximum atomic E-state index is 12.2. The third-order valence-corrected chi connectivity index (χ3v) is 6.68. The number of hydrogen-bond acceptors (Lipinski definition) is 7. The number of nitrogens with one attached hydrogen (secondary N) is 1. The molecule has 0 radical (unpaired) electrons. The molecule has 43 heavy (non-hydrogen) atoms. The number of likely N-dealkylation sites (tertiary alicyclic amines) is 1. The van der Waals surface area contributed by atoms with E-state index in [1.165, 1.54) is 6.20 Å². The van der Waals surface area contributed by atoms with Crippen LogP contribution in [0.15, 0.2) is 12.4 Å². The molecule has 3 heterocycles. The molecule has 3 atom stereocenters. The summed E-state index contributed by atoms with van der Waals surface area (Å²) in [6.45, 7) is 16.5. The number of rotatable bonds is 6. The molecule has 2 aromatic rings. The molecule has 1 aliphatic heterocycles. The Morgan fingerprint density at radius 3 is 2.33 bits per heavy atom. The maximum absolute atomic E-state index is 12.2. The first-order chi connectivity index (χ1) is 19.7. The SMILES string of the molecule is C#Cc1nn(C)c2cncc(C(C#N)NC=O)c12.C[C@H](CC(=O)N1C[C@H](C)C(C)(C)C1)OC(C)(C)C.NC(=O)C(F)(F)F. The smallest absolute Gasteiger partial charge is 0.372 e. The van der Waals surface area contributed by atoms with Gasteiger partial charge in [-0.25, -0.2) is 0 Å². The highest BCUT2D eigenvalue weighted by molar-refractivity contribution is 5.88. The molecule has 3 N–H and O–H groups in total. The zero-order valence-corrected chi connectivity index (χ0v) is 25.7. The third-order valence-electron chi connectivity index (χ3n) is 6.68. The lowest BCUT2D eigenvalue weighted by atomic mass is 9.84. The molecule has 2 aromatic heterocycles. The van der Waals surface area contributed by atoms with Gasteiger partial charge in [0.25, 0.3) is 0 Å². The van der Waals surface area contributed by atoms with Crippen LogP contribution in [0.25, 0.3) is 10.9 Å². The summed E-state index contributed by atoms with van der Waals surface area (Å²) < 4.78 is 39.5. The lowest BCUT2D eigenvalue weighted by Crippen LogP contribution is -2.35. The van der Waals surface area contributed by atoms with Gasteiger partial charge in [-0.15, -0.1) is 6.42 Å². The van der Waals surface area contributed by atoms with Crippen LogP contribution in [0.5, 0.6) is 0 Å². The number of nitrogens with zero attached hydrogens (tertiary/aromatic N) is 5. The average Bonchev–Trinajstić information content (AvgIpc) is 3.36. The van der Waals surface area contributed by atoms with Crippen molar-refractivity contribution in [2.24, 2.45) is 24.1 Å². The number of aryl methyl sites for hydroxylation is 1. The molecule has 0 aliphatic carbocycles. The number of primary amides is 1. The van der Waals surface area contributed by atoms with Crippen LogP contribution in [0.4, 0.5) is 13.2 Å². The zero-order chi connectivity index (χ0) is 33.3. The number of halogens is 3. The third kappa shape index (κ3) is 10.9. The number of carbonyl (C=O) groups excluding carboxylic acids is 3. The van der Waals surface area contributed by atoms with Crippen LogP contribution in [0.3, 0.4) is 0 Å². The van der Waals surface area contributed by atoms with Crippen LogP contribution < -0.4 is 11.1 Å². The molecule has 0 spiro atoms. The fourth-order valence-electron chi connectivity index (χ4n) is 4.31. The van der Waals surface area contributed by atoms with Gasteiger partial charge in [-0.2, -0.15) is 23.5 Å². The van der Waals surface area contributed by atoms with E-state index in [4.69, 9.17) is 21.2 Å². The highest BCUT2D eigenvalue weighted by Crippen LogP contribution is 2.35. The minimum Gasteiger partial charge on any atom is -0.372 e. The number of terminal acetylenes is 1. The second kappa shape index (κ2) is 14.8. The summed E-state index contributed by atoms with van der Waals surface area (Å²) in [6.07, 6.45) is 4.60. The molecular weight excluding hydrogens is 567 g/mol. The van der Waals surface area contributed by atoms with E-state index >= 15 is 0 Å². The topological polar surface area (TPSA) is 156 Å². The van der Waals surface area contributed by atoms with Gasteiger partial charge in [0.2, 0.25) is 12.3 Å². The molecule has 3 amide bonds. The summed E-state index contributed by atoms with van der Waals surface area (Å²) in [5.41, 5.74) is 5.55. The lowest BCUT2D eigenvalue weighted by Gasteiger charge is -2.26. The largest absolute Gasteiger partial charge is 0.470 e. The van der Waals surface area contributed by atoms with E-state index < -0.39 is 18.1 Å². The van der Waals surface area contributed by atoms with Gasteiger partial charge in [0.1, 0.15) is 11.7 Å². The van der Waals surface area contributed by atoms with E-state index in [1.807, 2.05) is 38.7 Å². The monoisotopic (exact) mass is 607 g/mol. The maximum Gasteiger partial charge on any atom is 0.470 e. The van der Waals surface area contributed by atoms with Crippen LogP contribution in [0.2, 0.25) is 0 Å². The number of hydrogen-bond donors (Lipinski definition) is 2. The quantitative estimate of drug-likeness (QED) is 0.377. The van der Waals surface area contributed by atoms with Gasteiger partial charge >= 0.3 is 12.1 Å². The highest BCUT2D eigenvalue weighted by Gasteiger charge is 2.38. The Bertz CT molecular complexity index is 1370. The van der Waals surface area contributed by atoms with Gasteiger partial charge in [0.15, 0.2) is 0 Å². The summed E-state index contributed by atoms with van der Waals surface area (Å²) in [4.78, 5) is 37.9. The Kier molecular flexibility index (Phi) is 12.7. The van der Waals surface area contributed by atoms with Crippen molar-refractivity contribution in [3.8, 4) is 18.4 Å². The Morgan fingerprint density at radius 2 is 1.91 bits per heavy atom. The van der Waals surface area contributed by atoms with Crippen molar-refractivity contribution >= 4 is 29.1 Å². The first-order valence-corrected chi connectivity index (χ1v) is 13.4. The number of nitrogens with two attached hydrogens (primary N) is 1. The van der Waals surface area contributed by atoms with Crippen molar-refractivity contribution in [2.45, 2.75) is 78.8 Å². The van der Waals surface area contributed by atoms with E-state index in [-0.39, 0.29) is 23.0 Å². The van der Waals surface area contributed by atoms with Crippen molar-refractivity contribution in [2.75, 3.05) is 13.1 Å². The molecule has 236 valence electrons. The van der Waals surface area contributed by atoms with Gasteiger partial charge in [-0.05, 0) is 44.9 Å². The van der Waals surface area contributed by atoms with E-state index in [1.54, 1.807) is 17.9 Å². The van der Waals surface area contributed by atoms with Crippen LogP contribution in [0, 0.1) is 35.0 Å². The molecule has 0 aromatic carbocycles. The standard InChI is InChI=1S/C15H29NO2.C12H9N5O.C2H2F3NO/c1-11-9-16(10-15(11,6)7)13(17)8-12(2)18-14(3,4)5;1-3-9-12-8(10(4-13)15-7-18)5-14-6-11(12)17(2)16-9;3-2(4,5)1(6)7/h11-12H,8-10H2,1-7H3;1,5-7,10H,2H3,(H,15,18);(H2,6,7)/t11-,12+;;/m0../s1. The van der Waals surface area contributed by atoms with Crippen molar-refractivity contribution in [3.05, 3.63) is 23.7 Å². The molecule has 1 unspecified atom stereocenters. The number of carbonyl (C=O) groups is 3. The van der Waals surface area contributed by atoms with Crippen molar-refractivity contribution in [1.29, 1.82) is 5.26 Å². The van der Waals surface area contributed by atoms with Crippen molar-refractivity contribution in [3.63, 3.8) is 0 Å². The first kappa shape index (κ1) is 36.9. The zero-order valence-electron chi connectivity index (χ0n) is 25.7. The molecule has 11 nitrogen and oxygen atoms in total. The Hall–Kier alpha value is -4.17. The van der Waals surface area contributed by atoms with Gasteiger partial charge < -0.3 is 20.7 Å². The fraction of sp³-hybridized carbons (Fsp3) is 0.586. The lowest BCUT2D eigenvalue weighted by molar-refractivity contribution is -0.169.